The molecule has 0 saturated carbocycles. The Morgan fingerprint density at radius 1 is 1.08 bits per heavy atom. The molecule has 64 valence electrons. The highest BCUT2D eigenvalue weighted by molar-refractivity contribution is 5.46. The van der Waals surface area contributed by atoms with Crippen LogP contribution in [0.2, 0.25) is 0 Å². The molecule has 3 rings (SSSR count). The van der Waals surface area contributed by atoms with Crippen molar-refractivity contribution in [3.05, 3.63) is 57.8 Å². The smallest absolute Gasteiger partial charge is 0.182 e. The highest BCUT2D eigenvalue weighted by atomic mass is 16.1. The van der Waals surface area contributed by atoms with Gasteiger partial charge in [-0.3, -0.25) is 4.79 Å². The lowest BCUT2D eigenvalue weighted by atomic mass is 9.99. The second kappa shape index (κ2) is 2.32. The van der Waals surface area contributed by atoms with Gasteiger partial charge < -0.3 is 0 Å². The second-order valence-corrected chi connectivity index (χ2v) is 3.79. The zero-order valence-corrected chi connectivity index (χ0v) is 7.23. The Balaban J connectivity index is 2.39. The topological polar surface area (TPSA) is 17.1 Å². The van der Waals surface area contributed by atoms with Crippen LogP contribution in [0.5, 0.6) is 0 Å². The molecule has 0 amide bonds. The maximum Gasteiger partial charge on any atom is 0.182 e. The van der Waals surface area contributed by atoms with Gasteiger partial charge in [0.05, 0.1) is 0 Å². The zero-order valence-electron chi connectivity index (χ0n) is 7.23. The van der Waals surface area contributed by atoms with E-state index in [4.69, 9.17) is 0 Å². The molecule has 0 N–H and O–H groups in total. The van der Waals surface area contributed by atoms with Crippen molar-refractivity contribution in [3.63, 3.8) is 0 Å². The van der Waals surface area contributed by atoms with E-state index in [-0.39, 0.29) is 5.43 Å². The first-order chi connectivity index (χ1) is 6.36. The van der Waals surface area contributed by atoms with E-state index in [9.17, 15) is 4.79 Å². The molecule has 2 atom stereocenters. The molecule has 2 aliphatic rings. The standard InChI is InChI=1S/C12H10O/c13-11-4-2-1-3-10-8-5-6-9(7-8)12(10)11/h1-6,8-9H,7H2. The summed E-state index contributed by atoms with van der Waals surface area (Å²) in [5.74, 6) is 0.917. The van der Waals surface area contributed by atoms with Crippen molar-refractivity contribution < 1.29 is 0 Å². The van der Waals surface area contributed by atoms with Gasteiger partial charge in [-0.05, 0) is 18.1 Å². The summed E-state index contributed by atoms with van der Waals surface area (Å²) in [7, 11) is 0. The van der Waals surface area contributed by atoms with Gasteiger partial charge in [-0.15, -0.1) is 0 Å². The molecule has 1 heteroatoms. The fourth-order valence-corrected chi connectivity index (χ4v) is 2.49. The molecule has 2 bridgehead atoms. The van der Waals surface area contributed by atoms with Crippen molar-refractivity contribution >= 4 is 0 Å². The molecular formula is C12H10O. The Hall–Kier alpha value is -1.37. The number of rotatable bonds is 0. The SMILES string of the molecule is O=c1ccccc2c1C1C=CC2C1. The van der Waals surface area contributed by atoms with Crippen LogP contribution in [-0.2, 0) is 0 Å². The van der Waals surface area contributed by atoms with E-state index < -0.39 is 0 Å². The van der Waals surface area contributed by atoms with Crippen LogP contribution in [0.3, 0.4) is 0 Å². The molecule has 1 aromatic rings. The van der Waals surface area contributed by atoms with Crippen LogP contribution >= 0.6 is 0 Å². The van der Waals surface area contributed by atoms with Crippen molar-refractivity contribution in [2.45, 2.75) is 18.3 Å². The molecule has 1 nitrogen and oxygen atoms in total. The van der Waals surface area contributed by atoms with E-state index >= 15 is 0 Å². The summed E-state index contributed by atoms with van der Waals surface area (Å²) in [6.07, 6.45) is 5.52. The molecule has 0 radical (unpaired) electrons. The highest BCUT2D eigenvalue weighted by Crippen LogP contribution is 2.46. The Kier molecular flexibility index (Phi) is 1.26. The van der Waals surface area contributed by atoms with Crippen LogP contribution in [0.25, 0.3) is 0 Å². The van der Waals surface area contributed by atoms with Crippen molar-refractivity contribution in [1.82, 2.24) is 0 Å². The van der Waals surface area contributed by atoms with Crippen LogP contribution in [-0.4, -0.2) is 0 Å². The average molecular weight is 170 g/mol. The van der Waals surface area contributed by atoms with Crippen molar-refractivity contribution in [1.29, 1.82) is 0 Å². The largest absolute Gasteiger partial charge is 0.290 e. The third kappa shape index (κ3) is 0.844. The van der Waals surface area contributed by atoms with Crippen LogP contribution in [0.4, 0.5) is 0 Å². The molecular weight excluding hydrogens is 160 g/mol. The monoisotopic (exact) mass is 170 g/mol. The predicted octanol–water partition coefficient (Wildman–Crippen LogP) is 2.19. The maximum absolute atomic E-state index is 11.7. The summed E-state index contributed by atoms with van der Waals surface area (Å²) >= 11 is 0. The molecule has 0 saturated heterocycles. The normalized spacial score (nSPS) is 27.7. The average Bonchev–Trinajstić information content (AvgIpc) is 2.66. The summed E-state index contributed by atoms with van der Waals surface area (Å²) in [5, 5.41) is 0. The lowest BCUT2D eigenvalue weighted by molar-refractivity contribution is 0.802. The highest BCUT2D eigenvalue weighted by Gasteiger charge is 2.33. The van der Waals surface area contributed by atoms with Gasteiger partial charge in [-0.1, -0.05) is 30.4 Å². The zero-order chi connectivity index (χ0) is 8.84. The quantitative estimate of drug-likeness (QED) is 0.545. The van der Waals surface area contributed by atoms with Crippen LogP contribution in [0.15, 0.2) is 41.2 Å². The third-order valence-electron chi connectivity index (χ3n) is 3.06. The van der Waals surface area contributed by atoms with Gasteiger partial charge in [-0.25, -0.2) is 0 Å². The van der Waals surface area contributed by atoms with Gasteiger partial charge in [0.1, 0.15) is 0 Å². The van der Waals surface area contributed by atoms with Gasteiger partial charge in [-0.2, -0.15) is 0 Å². The Bertz CT molecular complexity index is 445. The maximum atomic E-state index is 11.7. The summed E-state index contributed by atoms with van der Waals surface area (Å²) in [5.41, 5.74) is 2.50. The van der Waals surface area contributed by atoms with Gasteiger partial charge in [0.15, 0.2) is 5.43 Å². The molecule has 1 aromatic carbocycles. The minimum absolute atomic E-state index is 0.205. The summed E-state index contributed by atoms with van der Waals surface area (Å²) in [6, 6.07) is 7.56. The minimum Gasteiger partial charge on any atom is -0.290 e. The number of allylic oxidation sites excluding steroid dienone is 2. The summed E-state index contributed by atoms with van der Waals surface area (Å²) in [4.78, 5) is 11.7. The van der Waals surface area contributed by atoms with Crippen molar-refractivity contribution in [2.75, 3.05) is 0 Å². The van der Waals surface area contributed by atoms with E-state index in [0.29, 0.717) is 11.8 Å². The van der Waals surface area contributed by atoms with Gasteiger partial charge >= 0.3 is 0 Å². The van der Waals surface area contributed by atoms with Crippen LogP contribution < -0.4 is 5.43 Å². The molecule has 0 spiro atoms. The van der Waals surface area contributed by atoms with Gasteiger partial charge in [0, 0.05) is 17.4 Å². The fourth-order valence-electron chi connectivity index (χ4n) is 2.49. The Labute approximate surface area is 76.7 Å². The van der Waals surface area contributed by atoms with Gasteiger partial charge in [0.2, 0.25) is 0 Å². The summed E-state index contributed by atoms with van der Waals surface area (Å²) < 4.78 is 0. The van der Waals surface area contributed by atoms with E-state index in [1.807, 2.05) is 12.1 Å². The first kappa shape index (κ1) is 7.07. The Morgan fingerprint density at radius 2 is 1.85 bits per heavy atom. The number of hydrogen-bond acceptors (Lipinski definition) is 1. The van der Waals surface area contributed by atoms with E-state index in [0.717, 1.165) is 12.0 Å². The molecule has 0 heterocycles. The van der Waals surface area contributed by atoms with Crippen LogP contribution in [0, 0.1) is 0 Å². The molecule has 0 aromatic heterocycles. The fraction of sp³-hybridized carbons (Fsp3) is 0.250. The second-order valence-electron chi connectivity index (χ2n) is 3.79. The number of fused-ring (bicyclic) bond motifs is 5. The first-order valence-corrected chi connectivity index (χ1v) is 4.68. The van der Waals surface area contributed by atoms with Crippen molar-refractivity contribution in [2.24, 2.45) is 0 Å². The molecule has 2 aliphatic carbocycles. The minimum atomic E-state index is 0.205. The van der Waals surface area contributed by atoms with Crippen molar-refractivity contribution in [3.8, 4) is 0 Å². The molecule has 0 fully saturated rings. The summed E-state index contributed by atoms with van der Waals surface area (Å²) in [6.45, 7) is 0. The molecule has 2 unspecified atom stereocenters. The lowest BCUT2D eigenvalue weighted by Crippen LogP contribution is -2.07. The Morgan fingerprint density at radius 3 is 2.77 bits per heavy atom. The first-order valence-electron chi connectivity index (χ1n) is 4.68. The predicted molar refractivity (Wildman–Crippen MR) is 52.0 cm³/mol. The third-order valence-corrected chi connectivity index (χ3v) is 3.06. The molecule has 0 aliphatic heterocycles. The van der Waals surface area contributed by atoms with Crippen LogP contribution in [0.1, 0.15) is 29.4 Å². The van der Waals surface area contributed by atoms with E-state index in [2.05, 4.69) is 18.2 Å². The van der Waals surface area contributed by atoms with Gasteiger partial charge in [0.25, 0.3) is 0 Å². The molecule has 13 heavy (non-hydrogen) atoms. The van der Waals surface area contributed by atoms with E-state index in [1.165, 1.54) is 5.56 Å². The lowest BCUT2D eigenvalue weighted by Gasteiger charge is -2.04. The van der Waals surface area contributed by atoms with E-state index in [1.54, 1.807) is 6.07 Å². The number of hydrogen-bond donors (Lipinski definition) is 0.